The molecule has 18 heteroatoms. The van der Waals surface area contributed by atoms with Crippen molar-refractivity contribution in [3.63, 3.8) is 0 Å². The van der Waals surface area contributed by atoms with Crippen LogP contribution in [0.15, 0.2) is 93.8 Å². The van der Waals surface area contributed by atoms with Crippen molar-refractivity contribution in [1.29, 1.82) is 0 Å². The summed E-state index contributed by atoms with van der Waals surface area (Å²) >= 11 is 2.15. The van der Waals surface area contributed by atoms with Crippen molar-refractivity contribution in [3.05, 3.63) is 108 Å². The Bertz CT molecular complexity index is 2550. The van der Waals surface area contributed by atoms with E-state index in [0.717, 1.165) is 16.8 Å². The van der Waals surface area contributed by atoms with Gasteiger partial charge in [-0.2, -0.15) is 0 Å². The second kappa shape index (κ2) is 19.9. The first-order valence-electron chi connectivity index (χ1n) is 16.3. The Morgan fingerprint density at radius 2 is 1.12 bits per heavy atom. The molecule has 12 nitrogen and oxygen atoms in total. The summed E-state index contributed by atoms with van der Waals surface area (Å²) in [5.41, 5.74) is 2.75. The molecule has 4 aromatic carbocycles. The van der Waals surface area contributed by atoms with Gasteiger partial charge in [0, 0.05) is 41.1 Å². The third-order valence-electron chi connectivity index (χ3n) is 7.70. The van der Waals surface area contributed by atoms with Crippen LogP contribution in [0.2, 0.25) is 0 Å². The molecule has 0 bridgehead atoms. The fraction of sp³-hybridized carbons (Fsp3) is 0.211. The van der Waals surface area contributed by atoms with Crippen LogP contribution in [0.3, 0.4) is 0 Å². The summed E-state index contributed by atoms with van der Waals surface area (Å²) in [6, 6.07) is 20.3. The minimum atomic E-state index is -3.46. The number of rotatable bonds is 10. The third kappa shape index (κ3) is 11.3. The number of benzene rings is 4. The largest absolute Gasteiger partial charge is 1.00 e. The number of furan rings is 2. The minimum Gasteiger partial charge on any atom is -1.00 e. The Morgan fingerprint density at radius 3 is 1.52 bits per heavy atom. The summed E-state index contributed by atoms with van der Waals surface area (Å²) in [4.78, 5) is 26.9. The van der Waals surface area contributed by atoms with Gasteiger partial charge >= 0.3 is 41.5 Å². The van der Waals surface area contributed by atoms with Crippen LogP contribution >= 0.6 is 22.6 Å². The van der Waals surface area contributed by atoms with Crippen LogP contribution in [0, 0.1) is 11.6 Å². The van der Waals surface area contributed by atoms with Gasteiger partial charge in [-0.3, -0.25) is 9.03 Å². The number of ether oxygens (including phenoxy) is 2. The van der Waals surface area contributed by atoms with Gasteiger partial charge in [-0.15, -0.1) is 0 Å². The summed E-state index contributed by atoms with van der Waals surface area (Å²) in [6.45, 7) is 3.74. The third-order valence-corrected chi connectivity index (χ3v) is 9.51. The van der Waals surface area contributed by atoms with Gasteiger partial charge < -0.3 is 19.7 Å². The number of nitrogens with one attached hydrogen (secondary N) is 1. The molecule has 0 aliphatic rings. The van der Waals surface area contributed by atoms with Crippen LogP contribution in [0.4, 0.5) is 20.2 Å². The molecule has 2 heterocycles. The van der Waals surface area contributed by atoms with Crippen LogP contribution in [0.25, 0.3) is 44.6 Å². The molecule has 2 aromatic heterocycles. The number of halogens is 3. The van der Waals surface area contributed by atoms with E-state index >= 15 is 0 Å². The van der Waals surface area contributed by atoms with Gasteiger partial charge in [0.25, 0.3) is 0 Å². The normalized spacial score (nSPS) is 11.0. The van der Waals surface area contributed by atoms with Gasteiger partial charge in [0.1, 0.15) is 45.4 Å². The zero-order valence-corrected chi connectivity index (χ0v) is 37.3. The number of anilines is 2. The summed E-state index contributed by atoms with van der Waals surface area (Å²) < 4.78 is 98.2. The molecule has 0 radical (unpaired) electrons. The fourth-order valence-corrected chi connectivity index (χ4v) is 6.32. The van der Waals surface area contributed by atoms with E-state index < -0.39 is 43.6 Å². The zero-order valence-electron chi connectivity index (χ0n) is 32.5. The van der Waals surface area contributed by atoms with E-state index in [1.165, 1.54) is 73.8 Å². The average Bonchev–Trinajstić information content (AvgIpc) is 3.71. The van der Waals surface area contributed by atoms with E-state index in [1.807, 2.05) is 4.93 Å². The van der Waals surface area contributed by atoms with Gasteiger partial charge in [-0.05, 0) is 91.6 Å². The summed E-state index contributed by atoms with van der Waals surface area (Å²) in [7, 11) is -5.48. The number of hydrogen-bond donors (Lipinski definition) is 1. The SMILES string of the molecule is CCOC(=O)c1c(-c2ccc(F)cc2)oc2cc(N(C)S(C)(=O)=O)ccc12.CCOC(=O)c1c(-c2ccc(F)cc2)oc2cc(NS(C)(=O)=O)ccc12.CI.[H-].[Na+]. The second-order valence-corrected chi connectivity index (χ2v) is 15.3. The van der Waals surface area contributed by atoms with Gasteiger partial charge in [0.15, 0.2) is 0 Å². The number of fused-ring (bicyclic) bond motifs is 2. The van der Waals surface area contributed by atoms with E-state index in [9.17, 15) is 35.2 Å². The van der Waals surface area contributed by atoms with E-state index in [4.69, 9.17) is 18.3 Å². The van der Waals surface area contributed by atoms with Crippen molar-refractivity contribution in [3.8, 4) is 22.6 Å². The number of esters is 2. The van der Waals surface area contributed by atoms with E-state index in [1.54, 1.807) is 32.0 Å². The maximum absolute atomic E-state index is 13.3. The number of sulfonamides is 2. The Morgan fingerprint density at radius 1 is 0.714 bits per heavy atom. The summed E-state index contributed by atoms with van der Waals surface area (Å²) in [5, 5.41) is 0.959. The molecule has 6 aromatic rings. The van der Waals surface area contributed by atoms with Gasteiger partial charge in [0.2, 0.25) is 20.0 Å². The van der Waals surface area contributed by atoms with E-state index in [2.05, 4.69) is 27.3 Å². The first-order chi connectivity index (χ1) is 26.0. The number of carbonyl (C=O) groups excluding carboxylic acids is 2. The quantitative estimate of drug-likeness (QED) is 0.0774. The van der Waals surface area contributed by atoms with Crippen molar-refractivity contribution in [2.24, 2.45) is 0 Å². The van der Waals surface area contributed by atoms with Crippen LogP contribution in [-0.2, 0) is 29.5 Å². The number of alkyl halides is 1. The van der Waals surface area contributed by atoms with Crippen LogP contribution in [0.1, 0.15) is 36.0 Å². The van der Waals surface area contributed by atoms with Crippen molar-refractivity contribution in [1.82, 2.24) is 0 Å². The van der Waals surface area contributed by atoms with E-state index in [0.29, 0.717) is 44.4 Å². The van der Waals surface area contributed by atoms with Crippen molar-refractivity contribution < 1.29 is 84.5 Å². The average molecular weight is 935 g/mol. The van der Waals surface area contributed by atoms with Crippen molar-refractivity contribution >= 4 is 87.9 Å². The Balaban J connectivity index is 0.000000365. The van der Waals surface area contributed by atoms with Crippen LogP contribution in [-0.4, -0.2) is 66.5 Å². The van der Waals surface area contributed by atoms with Gasteiger partial charge in [0.05, 0.1) is 37.1 Å². The monoisotopic (exact) mass is 934 g/mol. The summed E-state index contributed by atoms with van der Waals surface area (Å²) in [5.74, 6) is -1.50. The molecule has 0 amide bonds. The van der Waals surface area contributed by atoms with E-state index in [-0.39, 0.29) is 66.8 Å². The molecule has 0 spiro atoms. The van der Waals surface area contributed by atoms with Crippen molar-refractivity contribution in [2.45, 2.75) is 13.8 Å². The first-order valence-corrected chi connectivity index (χ1v) is 22.2. The van der Waals surface area contributed by atoms with Crippen LogP contribution < -0.4 is 38.6 Å². The standard InChI is InChI=1S/C19H18FNO5S.C18H16FNO5S.CH3I.Na.H/c1-4-25-19(22)17-15-10-9-14(21(2)27(3,23)24)11-16(15)26-18(17)12-5-7-13(20)8-6-12;1-3-24-18(21)16-14-9-8-13(20-26(2,22)23)10-15(14)25-17(16)11-4-6-12(19)7-5-11;1-2;;/h5-11H,4H2,1-3H3;4-10,20H,3H2,1-2H3;1H3;;/q;;;+1;-1. The molecule has 294 valence electrons. The molecule has 0 fully saturated rings. The van der Waals surface area contributed by atoms with Crippen molar-refractivity contribution in [2.75, 3.05) is 46.7 Å². The Labute approximate surface area is 360 Å². The second-order valence-electron chi connectivity index (χ2n) is 11.6. The Kier molecular flexibility index (Phi) is 16.5. The molecule has 6 rings (SSSR count). The number of carbonyl (C=O) groups is 2. The maximum Gasteiger partial charge on any atom is 1.00 e. The predicted molar refractivity (Wildman–Crippen MR) is 218 cm³/mol. The smallest absolute Gasteiger partial charge is 1.00 e. The summed E-state index contributed by atoms with van der Waals surface area (Å²) in [6.07, 6.45) is 2.13. The molecule has 0 atom stereocenters. The number of hydrogen-bond acceptors (Lipinski definition) is 10. The predicted octanol–water partition coefficient (Wildman–Crippen LogP) is 5.77. The zero-order chi connectivity index (χ0) is 40.7. The van der Waals surface area contributed by atoms with Crippen LogP contribution in [0.5, 0.6) is 0 Å². The topological polar surface area (TPSA) is 162 Å². The first kappa shape index (κ1) is 46.4. The van der Waals surface area contributed by atoms with Gasteiger partial charge in [-0.25, -0.2) is 35.2 Å². The molecule has 0 aliphatic carbocycles. The molecule has 0 saturated heterocycles. The van der Waals surface area contributed by atoms with Gasteiger partial charge in [-0.1, -0.05) is 22.6 Å². The minimum absolute atomic E-state index is 0. The molecule has 56 heavy (non-hydrogen) atoms. The molecular formula is C38H38F2IN2NaO10S2. The maximum atomic E-state index is 13.3. The molecule has 0 aliphatic heterocycles. The molecule has 0 saturated carbocycles. The molecule has 1 N–H and O–H groups in total. The fourth-order valence-electron chi connectivity index (χ4n) is 5.27. The molecule has 0 unspecified atom stereocenters. The molecular weight excluding hydrogens is 896 g/mol. The Hall–Kier alpha value is -4.01. The number of nitrogens with zero attached hydrogens (tertiary/aromatic N) is 1.